The highest BCUT2D eigenvalue weighted by Crippen LogP contribution is 2.46. The Morgan fingerprint density at radius 1 is 1.24 bits per heavy atom. The summed E-state index contributed by atoms with van der Waals surface area (Å²) in [6.45, 7) is 0. The minimum absolute atomic E-state index is 0.184. The van der Waals surface area contributed by atoms with Gasteiger partial charge in [-0.25, -0.2) is 18.9 Å². The van der Waals surface area contributed by atoms with Gasteiger partial charge in [-0.05, 0) is 55.7 Å². The van der Waals surface area contributed by atoms with Crippen molar-refractivity contribution < 1.29 is 14.3 Å². The van der Waals surface area contributed by atoms with Crippen LogP contribution in [-0.2, 0) is 4.79 Å². The molecule has 34 heavy (non-hydrogen) atoms. The Balaban J connectivity index is 1.51. The maximum Gasteiger partial charge on any atom is 0.308 e. The molecule has 9 nitrogen and oxygen atoms in total. The van der Waals surface area contributed by atoms with Crippen molar-refractivity contribution in [2.24, 2.45) is 17.8 Å². The van der Waals surface area contributed by atoms with Crippen molar-refractivity contribution in [1.82, 2.24) is 24.6 Å². The number of aromatic amines is 1. The van der Waals surface area contributed by atoms with Gasteiger partial charge in [0.15, 0.2) is 11.6 Å². The number of H-pyrrole nitrogens is 1. The van der Waals surface area contributed by atoms with Crippen LogP contribution in [0.15, 0.2) is 30.6 Å². The third-order valence-electron chi connectivity index (χ3n) is 7.50. The van der Waals surface area contributed by atoms with Gasteiger partial charge in [-0.15, -0.1) is 5.10 Å². The van der Waals surface area contributed by atoms with Gasteiger partial charge in [0.25, 0.3) is 0 Å². The maximum atomic E-state index is 14.0. The van der Waals surface area contributed by atoms with E-state index >= 15 is 0 Å². The third-order valence-corrected chi connectivity index (χ3v) is 7.50. The van der Waals surface area contributed by atoms with Gasteiger partial charge in [-0.2, -0.15) is 0 Å². The lowest BCUT2D eigenvalue weighted by atomic mass is 9.61. The van der Waals surface area contributed by atoms with Crippen molar-refractivity contribution in [2.75, 3.05) is 24.3 Å². The van der Waals surface area contributed by atoms with Crippen molar-refractivity contribution in [3.05, 3.63) is 36.4 Å². The molecule has 4 aromatic rings. The van der Waals surface area contributed by atoms with Gasteiger partial charge in [0.05, 0.1) is 12.1 Å². The second kappa shape index (κ2) is 7.68. The molecule has 0 aliphatic heterocycles. The number of pyridine rings is 1. The first-order valence-electron chi connectivity index (χ1n) is 11.6. The van der Waals surface area contributed by atoms with Crippen LogP contribution in [0.1, 0.15) is 25.7 Å². The van der Waals surface area contributed by atoms with E-state index in [0.29, 0.717) is 34.2 Å². The highest BCUT2D eigenvalue weighted by atomic mass is 19.1. The first-order chi connectivity index (χ1) is 16.4. The molecule has 2 bridgehead atoms. The average molecular weight is 464 g/mol. The average Bonchev–Trinajstić information content (AvgIpc) is 3.43. The lowest BCUT2D eigenvalue weighted by molar-refractivity contribution is -0.148. The Morgan fingerprint density at radius 2 is 2.00 bits per heavy atom. The summed E-state index contributed by atoms with van der Waals surface area (Å²) in [5.74, 6) is 0.682. The molecule has 2 atom stereocenters. The van der Waals surface area contributed by atoms with Crippen molar-refractivity contribution >= 4 is 34.2 Å². The number of hydrogen-bond donors (Lipinski definition) is 3. The molecule has 0 amide bonds. The van der Waals surface area contributed by atoms with Crippen molar-refractivity contribution in [3.63, 3.8) is 0 Å². The van der Waals surface area contributed by atoms with Gasteiger partial charge < -0.3 is 20.3 Å². The predicted octanol–water partition coefficient (Wildman–Crippen LogP) is 3.78. The van der Waals surface area contributed by atoms with Gasteiger partial charge in [-0.1, -0.05) is 0 Å². The Labute approximate surface area is 195 Å². The highest BCUT2D eigenvalue weighted by molar-refractivity contribution is 5.92. The molecule has 3 fully saturated rings. The molecule has 4 heterocycles. The second-order valence-corrected chi connectivity index (χ2v) is 9.63. The zero-order chi connectivity index (χ0) is 23.6. The van der Waals surface area contributed by atoms with E-state index in [9.17, 15) is 14.3 Å². The van der Waals surface area contributed by atoms with Crippen LogP contribution in [0.4, 0.5) is 16.0 Å². The van der Waals surface area contributed by atoms with Gasteiger partial charge in [0.1, 0.15) is 22.8 Å². The molecule has 0 aromatic carbocycles. The third kappa shape index (κ3) is 3.19. The van der Waals surface area contributed by atoms with Gasteiger partial charge in [0.2, 0.25) is 0 Å². The zero-order valence-electron chi connectivity index (χ0n) is 19.0. The molecular weight excluding hydrogens is 437 g/mol. The van der Waals surface area contributed by atoms with Crippen LogP contribution >= 0.6 is 0 Å². The lowest BCUT2D eigenvalue weighted by Gasteiger charge is -2.47. The number of aromatic nitrogens is 5. The predicted molar refractivity (Wildman–Crippen MR) is 126 cm³/mol. The number of halogens is 1. The first kappa shape index (κ1) is 20.9. The Morgan fingerprint density at radius 3 is 2.74 bits per heavy atom. The topological polar surface area (TPSA) is 111 Å². The minimum atomic E-state index is -0.750. The molecule has 0 spiro atoms. The van der Waals surface area contributed by atoms with Gasteiger partial charge >= 0.3 is 5.97 Å². The standard InChI is InChI=1S/C24H26FN7O2/c1-31(2)18-8-7-17-23(28-20-13-5-3-12(4-6-13)19(20)24(33)34)29-22(30-32(17)18)16-11-27-21-15(16)9-14(25)10-26-21/h7-13,19-20H,3-6H2,1-2H3,(H,26,27)(H,33,34)(H,28,29,30)/t12?,13?,19-,20-/m0/s1. The number of aliphatic carboxylic acids is 1. The second-order valence-electron chi connectivity index (χ2n) is 9.63. The van der Waals surface area contributed by atoms with Crippen LogP contribution in [0.25, 0.3) is 27.9 Å². The summed E-state index contributed by atoms with van der Waals surface area (Å²) in [6, 6.07) is 5.11. The summed E-state index contributed by atoms with van der Waals surface area (Å²) in [4.78, 5) is 26.2. The van der Waals surface area contributed by atoms with Crippen molar-refractivity contribution in [2.45, 2.75) is 31.7 Å². The molecule has 4 aromatic heterocycles. The summed E-state index contributed by atoms with van der Waals surface area (Å²) < 4.78 is 15.8. The zero-order valence-corrected chi connectivity index (χ0v) is 19.0. The number of anilines is 2. The summed E-state index contributed by atoms with van der Waals surface area (Å²) in [5.41, 5.74) is 1.94. The molecule has 3 aliphatic rings. The van der Waals surface area contributed by atoms with Crippen LogP contribution in [0.2, 0.25) is 0 Å². The number of nitrogens with zero attached hydrogens (tertiary/aromatic N) is 5. The number of rotatable bonds is 5. The number of hydrogen-bond acceptors (Lipinski definition) is 6. The Kier molecular flexibility index (Phi) is 4.72. The van der Waals surface area contributed by atoms with Crippen LogP contribution in [-0.4, -0.2) is 55.8 Å². The fourth-order valence-electron chi connectivity index (χ4n) is 5.87. The minimum Gasteiger partial charge on any atom is -0.481 e. The molecule has 3 saturated carbocycles. The largest absolute Gasteiger partial charge is 0.481 e. The monoisotopic (exact) mass is 463 g/mol. The van der Waals surface area contributed by atoms with Crippen molar-refractivity contribution in [3.8, 4) is 11.4 Å². The van der Waals surface area contributed by atoms with Crippen LogP contribution in [0.3, 0.4) is 0 Å². The van der Waals surface area contributed by atoms with E-state index in [1.165, 1.54) is 12.3 Å². The molecule has 7 rings (SSSR count). The normalized spacial score (nSPS) is 24.1. The van der Waals surface area contributed by atoms with Crippen LogP contribution in [0.5, 0.6) is 0 Å². The Hall–Kier alpha value is -3.69. The van der Waals surface area contributed by atoms with E-state index in [4.69, 9.17) is 10.1 Å². The summed E-state index contributed by atoms with van der Waals surface area (Å²) in [6.07, 6.45) is 6.88. The quantitative estimate of drug-likeness (QED) is 0.413. The molecule has 0 unspecified atom stereocenters. The van der Waals surface area contributed by atoms with E-state index in [1.807, 2.05) is 31.1 Å². The summed E-state index contributed by atoms with van der Waals surface area (Å²) >= 11 is 0. The number of nitrogens with one attached hydrogen (secondary N) is 2. The number of carboxylic acids is 1. The summed E-state index contributed by atoms with van der Waals surface area (Å²) in [7, 11) is 3.87. The highest BCUT2D eigenvalue weighted by Gasteiger charge is 2.47. The lowest BCUT2D eigenvalue weighted by Crippen LogP contribution is -2.51. The SMILES string of the molecule is CN(C)c1ccc2c(N[C@H]3C4CCC(CC4)[C@@H]3C(=O)O)nc(-c3c[nH]c4ncc(F)cc34)nn12. The van der Waals surface area contributed by atoms with E-state index in [2.05, 4.69) is 15.3 Å². The van der Waals surface area contributed by atoms with E-state index in [0.717, 1.165) is 37.0 Å². The first-order valence-corrected chi connectivity index (χ1v) is 11.6. The smallest absolute Gasteiger partial charge is 0.308 e. The van der Waals surface area contributed by atoms with E-state index in [-0.39, 0.29) is 12.0 Å². The molecule has 0 saturated heterocycles. The van der Waals surface area contributed by atoms with Crippen LogP contribution < -0.4 is 10.2 Å². The molecule has 176 valence electrons. The van der Waals surface area contributed by atoms with Crippen LogP contribution in [0, 0.1) is 23.6 Å². The number of fused-ring (bicyclic) bond motifs is 5. The Bertz CT molecular complexity index is 1400. The molecule has 3 N–H and O–H groups in total. The molecular formula is C24H26FN7O2. The summed E-state index contributed by atoms with van der Waals surface area (Å²) in [5, 5.41) is 18.9. The van der Waals surface area contributed by atoms with E-state index < -0.39 is 17.7 Å². The number of carbonyl (C=O) groups is 1. The molecule has 0 radical (unpaired) electrons. The maximum absolute atomic E-state index is 14.0. The van der Waals surface area contributed by atoms with Gasteiger partial charge in [-0.3, -0.25) is 4.79 Å². The molecule has 10 heteroatoms. The fourth-order valence-corrected chi connectivity index (χ4v) is 5.87. The van der Waals surface area contributed by atoms with Crippen molar-refractivity contribution in [1.29, 1.82) is 0 Å². The fraction of sp³-hybridized carbons (Fsp3) is 0.417. The van der Waals surface area contributed by atoms with Gasteiger partial charge in [0, 0.05) is 37.3 Å². The number of carboxylic acid groups (broad SMARTS) is 1. The molecule has 3 aliphatic carbocycles. The van der Waals surface area contributed by atoms with E-state index in [1.54, 1.807) is 10.7 Å².